The van der Waals surface area contributed by atoms with E-state index in [1.165, 1.54) is 5.56 Å². The Kier molecular flexibility index (Phi) is 6.04. The summed E-state index contributed by atoms with van der Waals surface area (Å²) in [7, 11) is 1.66. The highest BCUT2D eigenvalue weighted by Crippen LogP contribution is 2.33. The third-order valence-corrected chi connectivity index (χ3v) is 4.78. The average Bonchev–Trinajstić information content (AvgIpc) is 3.06. The Morgan fingerprint density at radius 3 is 2.54 bits per heavy atom. The second-order valence-corrected chi connectivity index (χ2v) is 6.75. The molecule has 2 atom stereocenters. The molecule has 0 bridgehead atoms. The zero-order valence-electron chi connectivity index (χ0n) is 15.5. The topological polar surface area (TPSA) is 42.8 Å². The summed E-state index contributed by atoms with van der Waals surface area (Å²) < 4.78 is 11.2. The van der Waals surface area contributed by atoms with E-state index in [0.29, 0.717) is 6.61 Å². The lowest BCUT2D eigenvalue weighted by molar-refractivity contribution is 0.335. The van der Waals surface area contributed by atoms with Crippen LogP contribution < -0.4 is 14.8 Å². The monoisotopic (exact) mass is 372 g/mol. The molecule has 0 radical (unpaired) electrons. The first-order valence-corrected chi connectivity index (χ1v) is 9.45. The van der Waals surface area contributed by atoms with E-state index in [9.17, 15) is 0 Å². The smallest absolute Gasteiger partial charge is 0.133 e. The summed E-state index contributed by atoms with van der Waals surface area (Å²) in [6.45, 7) is 4.76. The van der Waals surface area contributed by atoms with Crippen LogP contribution in [-0.2, 0) is 0 Å². The number of nitrogens with one attached hydrogen (secondary N) is 1. The molecule has 0 amide bonds. The summed E-state index contributed by atoms with van der Waals surface area (Å²) in [6.07, 6.45) is 2.13. The van der Waals surface area contributed by atoms with Crippen molar-refractivity contribution in [1.82, 2.24) is 5.32 Å². The summed E-state index contributed by atoms with van der Waals surface area (Å²) in [6, 6.07) is 14.1. The standard InChI is InChI=1S/C21H25ClN2O2/c1-4-6-18-20(14-7-9-15(22)10-8-14)24-21(23-18)17-12-11-16(25-3)13-19(17)26-5-2/h7-13,18,20H,4-6H2,1-3H3,(H,23,24)/t18-,20+/m1/s1. The second-order valence-electron chi connectivity index (χ2n) is 6.31. The molecule has 0 aromatic heterocycles. The highest BCUT2D eigenvalue weighted by molar-refractivity contribution is 6.30. The molecule has 0 saturated carbocycles. The van der Waals surface area contributed by atoms with E-state index in [2.05, 4.69) is 24.4 Å². The number of hydrogen-bond donors (Lipinski definition) is 1. The van der Waals surface area contributed by atoms with Crippen LogP contribution in [0, 0.1) is 0 Å². The van der Waals surface area contributed by atoms with Gasteiger partial charge in [0.05, 0.1) is 31.4 Å². The van der Waals surface area contributed by atoms with Crippen molar-refractivity contribution in [3.8, 4) is 11.5 Å². The van der Waals surface area contributed by atoms with E-state index in [1.54, 1.807) is 7.11 Å². The van der Waals surface area contributed by atoms with E-state index >= 15 is 0 Å². The molecule has 2 aromatic carbocycles. The van der Waals surface area contributed by atoms with Gasteiger partial charge in [-0.3, -0.25) is 4.99 Å². The number of benzene rings is 2. The number of aliphatic imine (C=N–C) groups is 1. The van der Waals surface area contributed by atoms with Crippen LogP contribution in [0.3, 0.4) is 0 Å². The van der Waals surface area contributed by atoms with Crippen LogP contribution in [0.25, 0.3) is 0 Å². The molecule has 1 N–H and O–H groups in total. The molecule has 26 heavy (non-hydrogen) atoms. The van der Waals surface area contributed by atoms with E-state index in [4.69, 9.17) is 26.1 Å². The SMILES string of the molecule is CCC[C@H]1NC(c2ccc(OC)cc2OCC)=N[C@H]1c1ccc(Cl)cc1. The van der Waals surface area contributed by atoms with Gasteiger partial charge in [-0.2, -0.15) is 0 Å². The fourth-order valence-electron chi connectivity index (χ4n) is 3.28. The van der Waals surface area contributed by atoms with E-state index in [-0.39, 0.29) is 12.1 Å². The van der Waals surface area contributed by atoms with Gasteiger partial charge in [0.15, 0.2) is 0 Å². The number of halogens is 1. The normalized spacial score (nSPS) is 19.0. The molecule has 1 aliphatic rings. The Balaban J connectivity index is 1.97. The Hall–Kier alpha value is -2.20. The number of rotatable bonds is 7. The first-order valence-electron chi connectivity index (χ1n) is 9.07. The largest absolute Gasteiger partial charge is 0.497 e. The maximum atomic E-state index is 6.04. The van der Waals surface area contributed by atoms with Crippen molar-refractivity contribution >= 4 is 17.4 Å². The summed E-state index contributed by atoms with van der Waals surface area (Å²) >= 11 is 6.04. The Morgan fingerprint density at radius 1 is 1.12 bits per heavy atom. The third-order valence-electron chi connectivity index (χ3n) is 4.53. The fourth-order valence-corrected chi connectivity index (χ4v) is 3.40. The van der Waals surface area contributed by atoms with Crippen LogP contribution in [0.4, 0.5) is 0 Å². The lowest BCUT2D eigenvalue weighted by atomic mass is 9.98. The van der Waals surface area contributed by atoms with Gasteiger partial charge in [-0.15, -0.1) is 0 Å². The van der Waals surface area contributed by atoms with Crippen molar-refractivity contribution in [2.75, 3.05) is 13.7 Å². The second kappa shape index (κ2) is 8.45. The minimum atomic E-state index is 0.0683. The van der Waals surface area contributed by atoms with Crippen molar-refractivity contribution in [2.24, 2.45) is 4.99 Å². The molecule has 0 spiro atoms. The molecule has 3 rings (SSSR count). The summed E-state index contributed by atoms with van der Waals surface area (Å²) in [5.74, 6) is 2.43. The Labute approximate surface area is 160 Å². The molecule has 1 heterocycles. The third kappa shape index (κ3) is 3.96. The fraction of sp³-hybridized carbons (Fsp3) is 0.381. The van der Waals surface area contributed by atoms with E-state index < -0.39 is 0 Å². The predicted octanol–water partition coefficient (Wildman–Crippen LogP) is 5.01. The van der Waals surface area contributed by atoms with E-state index in [1.807, 2.05) is 37.3 Å². The number of ether oxygens (including phenoxy) is 2. The first-order chi connectivity index (χ1) is 12.7. The van der Waals surface area contributed by atoms with Crippen LogP contribution >= 0.6 is 11.6 Å². The van der Waals surface area contributed by atoms with Crippen molar-refractivity contribution in [1.29, 1.82) is 0 Å². The minimum Gasteiger partial charge on any atom is -0.497 e. The van der Waals surface area contributed by atoms with Crippen molar-refractivity contribution < 1.29 is 9.47 Å². The van der Waals surface area contributed by atoms with Crippen LogP contribution in [0.2, 0.25) is 5.02 Å². The molecule has 5 heteroatoms. The van der Waals surface area contributed by atoms with Crippen LogP contribution in [0.1, 0.15) is 43.9 Å². The number of amidine groups is 1. The van der Waals surface area contributed by atoms with Crippen LogP contribution in [0.5, 0.6) is 11.5 Å². The van der Waals surface area contributed by atoms with Gasteiger partial charge >= 0.3 is 0 Å². The first kappa shape index (κ1) is 18.6. The van der Waals surface area contributed by atoms with Gasteiger partial charge < -0.3 is 14.8 Å². The van der Waals surface area contributed by atoms with Gasteiger partial charge in [0, 0.05) is 11.1 Å². The molecule has 0 saturated heterocycles. The number of nitrogens with zero attached hydrogens (tertiary/aromatic N) is 1. The van der Waals surface area contributed by atoms with Gasteiger partial charge in [-0.25, -0.2) is 0 Å². The molecular weight excluding hydrogens is 348 g/mol. The average molecular weight is 373 g/mol. The van der Waals surface area contributed by atoms with Gasteiger partial charge in [0.25, 0.3) is 0 Å². The zero-order valence-corrected chi connectivity index (χ0v) is 16.2. The van der Waals surface area contributed by atoms with Gasteiger partial charge in [-0.1, -0.05) is 37.1 Å². The molecule has 138 valence electrons. The molecule has 0 fully saturated rings. The van der Waals surface area contributed by atoms with Gasteiger partial charge in [0.1, 0.15) is 17.3 Å². The Bertz CT molecular complexity index is 774. The van der Waals surface area contributed by atoms with Crippen molar-refractivity contribution in [3.05, 3.63) is 58.6 Å². The van der Waals surface area contributed by atoms with Crippen LogP contribution in [0.15, 0.2) is 47.5 Å². The maximum Gasteiger partial charge on any atom is 0.133 e. The number of hydrogen-bond acceptors (Lipinski definition) is 4. The minimum absolute atomic E-state index is 0.0683. The van der Waals surface area contributed by atoms with Gasteiger partial charge in [-0.05, 0) is 43.2 Å². The quantitative estimate of drug-likeness (QED) is 0.743. The lowest BCUT2D eigenvalue weighted by Crippen LogP contribution is -2.32. The van der Waals surface area contributed by atoms with Gasteiger partial charge in [0.2, 0.25) is 0 Å². The summed E-state index contributed by atoms with van der Waals surface area (Å²) in [4.78, 5) is 5.00. The Morgan fingerprint density at radius 2 is 1.88 bits per heavy atom. The van der Waals surface area contributed by atoms with E-state index in [0.717, 1.165) is 40.8 Å². The highest BCUT2D eigenvalue weighted by atomic mass is 35.5. The highest BCUT2D eigenvalue weighted by Gasteiger charge is 2.31. The molecular formula is C21H25ClN2O2. The van der Waals surface area contributed by atoms with Crippen molar-refractivity contribution in [2.45, 2.75) is 38.8 Å². The molecule has 4 nitrogen and oxygen atoms in total. The maximum absolute atomic E-state index is 6.04. The molecule has 0 aliphatic carbocycles. The molecule has 1 aliphatic heterocycles. The predicted molar refractivity (Wildman–Crippen MR) is 107 cm³/mol. The number of methoxy groups -OCH3 is 1. The van der Waals surface area contributed by atoms with Crippen molar-refractivity contribution in [3.63, 3.8) is 0 Å². The van der Waals surface area contributed by atoms with Crippen LogP contribution in [-0.4, -0.2) is 25.6 Å². The lowest BCUT2D eigenvalue weighted by Gasteiger charge is -2.18. The molecule has 2 aromatic rings. The molecule has 0 unspecified atom stereocenters. The zero-order chi connectivity index (χ0) is 18.5. The summed E-state index contributed by atoms with van der Waals surface area (Å²) in [5, 5.41) is 4.34. The summed E-state index contributed by atoms with van der Waals surface area (Å²) in [5.41, 5.74) is 2.13.